The zero-order valence-electron chi connectivity index (χ0n) is 8.15. The Balaban J connectivity index is 3.38. The first-order chi connectivity index (χ1) is 4.95. The lowest BCUT2D eigenvalue weighted by Crippen LogP contribution is -2.34. The van der Waals surface area contributed by atoms with Gasteiger partial charge in [0.25, 0.3) is 0 Å². The molecule has 0 aromatic carbocycles. The van der Waals surface area contributed by atoms with E-state index in [0.29, 0.717) is 11.5 Å². The largest absolute Gasteiger partial charge is 0.396 e. The van der Waals surface area contributed by atoms with E-state index < -0.39 is 0 Å². The van der Waals surface area contributed by atoms with Crippen LogP contribution < -0.4 is 5.32 Å². The van der Waals surface area contributed by atoms with Gasteiger partial charge in [-0.2, -0.15) is 0 Å². The zero-order chi connectivity index (χ0) is 8.91. The number of hydrogen-bond acceptors (Lipinski definition) is 2. The Morgan fingerprint density at radius 2 is 1.91 bits per heavy atom. The van der Waals surface area contributed by atoms with Gasteiger partial charge in [-0.05, 0) is 18.8 Å². The maximum absolute atomic E-state index is 8.63. The maximum atomic E-state index is 8.63. The van der Waals surface area contributed by atoms with Crippen molar-refractivity contribution in [2.45, 2.75) is 40.2 Å². The number of nitrogens with one attached hydrogen (secondary N) is 1. The first-order valence-corrected chi connectivity index (χ1v) is 4.30. The molecular formula is C9H21NO. The van der Waals surface area contributed by atoms with Crippen molar-refractivity contribution in [1.29, 1.82) is 0 Å². The fourth-order valence-corrected chi connectivity index (χ4v) is 0.776. The van der Waals surface area contributed by atoms with E-state index >= 15 is 0 Å². The fraction of sp³-hybridized carbons (Fsp3) is 1.00. The van der Waals surface area contributed by atoms with Crippen molar-refractivity contribution in [2.75, 3.05) is 13.2 Å². The van der Waals surface area contributed by atoms with Crippen LogP contribution in [0.3, 0.4) is 0 Å². The lowest BCUT2D eigenvalue weighted by Gasteiger charge is -2.22. The van der Waals surface area contributed by atoms with Gasteiger partial charge in [0.05, 0.1) is 0 Å². The third kappa shape index (κ3) is 7.82. The molecule has 0 aliphatic carbocycles. The highest BCUT2D eigenvalue weighted by atomic mass is 16.3. The molecule has 0 fully saturated rings. The summed E-state index contributed by atoms with van der Waals surface area (Å²) in [5.41, 5.74) is 0.337. The van der Waals surface area contributed by atoms with Crippen molar-refractivity contribution in [3.05, 3.63) is 0 Å². The Morgan fingerprint density at radius 1 is 1.36 bits per heavy atom. The first kappa shape index (κ1) is 10.9. The molecule has 2 nitrogen and oxygen atoms in total. The van der Waals surface area contributed by atoms with Gasteiger partial charge < -0.3 is 10.4 Å². The van der Waals surface area contributed by atoms with Gasteiger partial charge in [-0.25, -0.2) is 0 Å². The van der Waals surface area contributed by atoms with E-state index in [2.05, 4.69) is 33.0 Å². The lowest BCUT2D eigenvalue weighted by molar-refractivity contribution is 0.259. The minimum atomic E-state index is 0.276. The van der Waals surface area contributed by atoms with Crippen LogP contribution in [0.4, 0.5) is 0 Å². The van der Waals surface area contributed by atoms with Crippen LogP contribution in [0.15, 0.2) is 0 Å². The van der Waals surface area contributed by atoms with Gasteiger partial charge in [0.1, 0.15) is 0 Å². The number of rotatable bonds is 4. The van der Waals surface area contributed by atoms with Crippen LogP contribution in [0.25, 0.3) is 0 Å². The zero-order valence-corrected chi connectivity index (χ0v) is 8.15. The molecule has 0 spiro atoms. The predicted molar refractivity (Wildman–Crippen MR) is 48.6 cm³/mol. The van der Waals surface area contributed by atoms with Crippen LogP contribution >= 0.6 is 0 Å². The van der Waals surface area contributed by atoms with Crippen molar-refractivity contribution in [3.63, 3.8) is 0 Å². The van der Waals surface area contributed by atoms with Crippen molar-refractivity contribution < 1.29 is 5.11 Å². The highest BCUT2D eigenvalue weighted by molar-refractivity contribution is 4.68. The number of aliphatic hydroxyl groups is 1. The van der Waals surface area contributed by atoms with E-state index in [9.17, 15) is 0 Å². The van der Waals surface area contributed by atoms with E-state index in [4.69, 9.17) is 5.11 Å². The van der Waals surface area contributed by atoms with Crippen LogP contribution in [-0.4, -0.2) is 24.3 Å². The molecule has 68 valence electrons. The van der Waals surface area contributed by atoms with E-state index in [1.165, 1.54) is 0 Å². The van der Waals surface area contributed by atoms with Crippen molar-refractivity contribution in [3.8, 4) is 0 Å². The summed E-state index contributed by atoms with van der Waals surface area (Å²) in [6, 6.07) is 0.430. The van der Waals surface area contributed by atoms with Gasteiger partial charge in [-0.1, -0.05) is 20.8 Å². The van der Waals surface area contributed by atoms with E-state index in [1.54, 1.807) is 0 Å². The maximum Gasteiger partial charge on any atom is 0.0445 e. The van der Waals surface area contributed by atoms with Crippen LogP contribution in [0.1, 0.15) is 34.1 Å². The van der Waals surface area contributed by atoms with Gasteiger partial charge in [0.2, 0.25) is 0 Å². The molecule has 1 unspecified atom stereocenters. The summed E-state index contributed by atoms with van der Waals surface area (Å²) in [5.74, 6) is 0. The van der Waals surface area contributed by atoms with Gasteiger partial charge >= 0.3 is 0 Å². The molecule has 0 heterocycles. The summed E-state index contributed by atoms with van der Waals surface area (Å²) in [5, 5.41) is 12.0. The third-order valence-corrected chi connectivity index (χ3v) is 1.54. The standard InChI is InChI=1S/C9H21NO/c1-8(5-6-11)10-7-9(2,3)4/h8,10-11H,5-7H2,1-4H3. The van der Waals surface area contributed by atoms with E-state index in [0.717, 1.165) is 13.0 Å². The second-order valence-electron chi connectivity index (χ2n) is 4.35. The van der Waals surface area contributed by atoms with Crippen LogP contribution in [-0.2, 0) is 0 Å². The Kier molecular flexibility index (Phi) is 4.69. The summed E-state index contributed by atoms with van der Waals surface area (Å²) in [6.07, 6.45) is 0.843. The van der Waals surface area contributed by atoms with Gasteiger partial charge in [0.15, 0.2) is 0 Å². The molecule has 0 radical (unpaired) electrons. The molecule has 2 N–H and O–H groups in total. The van der Waals surface area contributed by atoms with Crippen molar-refractivity contribution in [1.82, 2.24) is 5.32 Å². The topological polar surface area (TPSA) is 32.3 Å². The quantitative estimate of drug-likeness (QED) is 0.649. The minimum Gasteiger partial charge on any atom is -0.396 e. The molecule has 0 saturated carbocycles. The smallest absolute Gasteiger partial charge is 0.0445 e. The molecule has 0 aliphatic heterocycles. The average molecular weight is 159 g/mol. The molecule has 0 aromatic rings. The molecule has 11 heavy (non-hydrogen) atoms. The minimum absolute atomic E-state index is 0.276. The summed E-state index contributed by atoms with van der Waals surface area (Å²) in [6.45, 7) is 9.98. The Hall–Kier alpha value is -0.0800. The summed E-state index contributed by atoms with van der Waals surface area (Å²) in [4.78, 5) is 0. The van der Waals surface area contributed by atoms with Gasteiger partial charge in [-0.15, -0.1) is 0 Å². The van der Waals surface area contributed by atoms with Crippen LogP contribution in [0.5, 0.6) is 0 Å². The molecule has 0 aromatic heterocycles. The Labute approximate surface area is 70.0 Å². The van der Waals surface area contributed by atoms with Crippen LogP contribution in [0.2, 0.25) is 0 Å². The van der Waals surface area contributed by atoms with Gasteiger partial charge in [0, 0.05) is 19.2 Å². The van der Waals surface area contributed by atoms with Crippen molar-refractivity contribution >= 4 is 0 Å². The number of hydrogen-bond donors (Lipinski definition) is 2. The summed E-state index contributed by atoms with van der Waals surface area (Å²) >= 11 is 0. The van der Waals surface area contributed by atoms with E-state index in [-0.39, 0.29) is 6.61 Å². The van der Waals surface area contributed by atoms with Crippen LogP contribution in [0, 0.1) is 5.41 Å². The van der Waals surface area contributed by atoms with Gasteiger partial charge in [-0.3, -0.25) is 0 Å². The highest BCUT2D eigenvalue weighted by Crippen LogP contribution is 2.10. The Bertz CT molecular complexity index is 96.2. The normalized spacial score (nSPS) is 15.0. The van der Waals surface area contributed by atoms with Crippen molar-refractivity contribution in [2.24, 2.45) is 5.41 Å². The molecule has 2 heteroatoms. The average Bonchev–Trinajstić information content (AvgIpc) is 1.83. The van der Waals surface area contributed by atoms with E-state index in [1.807, 2.05) is 0 Å². The predicted octanol–water partition coefficient (Wildman–Crippen LogP) is 1.39. The summed E-state index contributed by atoms with van der Waals surface area (Å²) < 4.78 is 0. The second-order valence-corrected chi connectivity index (χ2v) is 4.35. The highest BCUT2D eigenvalue weighted by Gasteiger charge is 2.10. The number of aliphatic hydroxyl groups excluding tert-OH is 1. The first-order valence-electron chi connectivity index (χ1n) is 4.30. The molecule has 0 bridgehead atoms. The molecule has 1 atom stereocenters. The Morgan fingerprint density at radius 3 is 2.27 bits per heavy atom. The monoisotopic (exact) mass is 159 g/mol. The molecule has 0 aliphatic rings. The molecular weight excluding hydrogens is 138 g/mol. The second kappa shape index (κ2) is 4.73. The third-order valence-electron chi connectivity index (χ3n) is 1.54. The fourth-order valence-electron chi connectivity index (χ4n) is 0.776. The lowest BCUT2D eigenvalue weighted by atomic mass is 9.96. The molecule has 0 saturated heterocycles. The molecule has 0 amide bonds. The molecule has 0 rings (SSSR count). The summed E-state index contributed by atoms with van der Waals surface area (Å²) in [7, 11) is 0. The SMILES string of the molecule is CC(CCO)NCC(C)(C)C.